The monoisotopic (exact) mass is 276 g/mol. The molecule has 1 saturated heterocycles. The van der Waals surface area contributed by atoms with Crippen LogP contribution < -0.4 is 10.1 Å². The lowest BCUT2D eigenvalue weighted by molar-refractivity contribution is -0.124. The minimum absolute atomic E-state index is 0.0548. The van der Waals surface area contributed by atoms with E-state index in [1.165, 1.54) is 0 Å². The molecule has 0 spiro atoms. The standard InChI is InChI=1S/C16H24N2O2/c1-12(2)20-14-8-5-7-13(11-14)17-15(19)16(3)9-6-10-18(16)4/h5,7-8,11-12H,6,9-10H2,1-4H3,(H,17,19). The predicted molar refractivity (Wildman–Crippen MR) is 81.1 cm³/mol. The quantitative estimate of drug-likeness (QED) is 0.919. The highest BCUT2D eigenvalue weighted by atomic mass is 16.5. The van der Waals surface area contributed by atoms with Crippen LogP contribution in [0.25, 0.3) is 0 Å². The zero-order valence-electron chi connectivity index (χ0n) is 12.8. The van der Waals surface area contributed by atoms with Crippen LogP contribution in [0.5, 0.6) is 5.75 Å². The van der Waals surface area contributed by atoms with Crippen LogP contribution in [0.3, 0.4) is 0 Å². The SMILES string of the molecule is CC(C)Oc1cccc(NC(=O)C2(C)CCCN2C)c1. The van der Waals surface area contributed by atoms with Crippen LogP contribution in [0.2, 0.25) is 0 Å². The molecule has 110 valence electrons. The van der Waals surface area contributed by atoms with E-state index in [1.807, 2.05) is 52.1 Å². The summed E-state index contributed by atoms with van der Waals surface area (Å²) in [5.74, 6) is 0.835. The third-order valence-electron chi connectivity index (χ3n) is 3.95. The Kier molecular flexibility index (Phi) is 4.33. The molecule has 1 unspecified atom stereocenters. The lowest BCUT2D eigenvalue weighted by atomic mass is 9.98. The number of likely N-dealkylation sites (N-methyl/N-ethyl adjacent to an activating group) is 1. The van der Waals surface area contributed by atoms with E-state index < -0.39 is 5.54 Å². The zero-order valence-corrected chi connectivity index (χ0v) is 12.8. The molecule has 4 nitrogen and oxygen atoms in total. The molecular formula is C16H24N2O2. The van der Waals surface area contributed by atoms with E-state index in [9.17, 15) is 4.79 Å². The molecule has 1 aliphatic heterocycles. The number of nitrogens with one attached hydrogen (secondary N) is 1. The predicted octanol–water partition coefficient (Wildman–Crippen LogP) is 2.90. The number of carbonyl (C=O) groups is 1. The van der Waals surface area contributed by atoms with Gasteiger partial charge in [0.05, 0.1) is 11.6 Å². The van der Waals surface area contributed by atoms with Crippen molar-refractivity contribution in [2.75, 3.05) is 18.9 Å². The van der Waals surface area contributed by atoms with Crippen molar-refractivity contribution in [2.24, 2.45) is 0 Å². The molecule has 1 aromatic rings. The van der Waals surface area contributed by atoms with Crippen molar-refractivity contribution >= 4 is 11.6 Å². The third kappa shape index (κ3) is 3.12. The number of hydrogen-bond acceptors (Lipinski definition) is 3. The van der Waals surface area contributed by atoms with Gasteiger partial charge in [0.15, 0.2) is 0 Å². The number of carbonyl (C=O) groups excluding carboxylic acids is 1. The molecule has 0 aromatic heterocycles. The Morgan fingerprint density at radius 2 is 2.20 bits per heavy atom. The smallest absolute Gasteiger partial charge is 0.244 e. The first kappa shape index (κ1) is 14.9. The fourth-order valence-electron chi connectivity index (χ4n) is 2.57. The fourth-order valence-corrected chi connectivity index (χ4v) is 2.57. The maximum absolute atomic E-state index is 12.5. The van der Waals surface area contributed by atoms with Gasteiger partial charge in [-0.05, 0) is 59.3 Å². The molecule has 0 saturated carbocycles. The Balaban J connectivity index is 2.08. The molecule has 0 bridgehead atoms. The summed E-state index contributed by atoms with van der Waals surface area (Å²) in [6.07, 6.45) is 2.09. The maximum Gasteiger partial charge on any atom is 0.244 e. The van der Waals surface area contributed by atoms with E-state index in [0.29, 0.717) is 0 Å². The second-order valence-electron chi connectivity index (χ2n) is 5.95. The van der Waals surface area contributed by atoms with Gasteiger partial charge in [0.2, 0.25) is 5.91 Å². The minimum Gasteiger partial charge on any atom is -0.491 e. The fraction of sp³-hybridized carbons (Fsp3) is 0.562. The van der Waals surface area contributed by atoms with Gasteiger partial charge < -0.3 is 10.1 Å². The summed E-state index contributed by atoms with van der Waals surface area (Å²) in [5, 5.41) is 3.01. The summed E-state index contributed by atoms with van der Waals surface area (Å²) in [6, 6.07) is 7.56. The highest BCUT2D eigenvalue weighted by Gasteiger charge is 2.40. The number of amides is 1. The number of anilines is 1. The van der Waals surface area contributed by atoms with Gasteiger partial charge in [-0.2, -0.15) is 0 Å². The maximum atomic E-state index is 12.5. The second kappa shape index (κ2) is 5.83. The molecule has 0 radical (unpaired) electrons. The van der Waals surface area contributed by atoms with Crippen LogP contribution in [0, 0.1) is 0 Å². The largest absolute Gasteiger partial charge is 0.491 e. The van der Waals surface area contributed by atoms with Crippen LogP contribution in [-0.2, 0) is 4.79 Å². The van der Waals surface area contributed by atoms with E-state index in [4.69, 9.17) is 4.74 Å². The van der Waals surface area contributed by atoms with Crippen molar-refractivity contribution in [1.29, 1.82) is 0 Å². The Morgan fingerprint density at radius 1 is 1.45 bits per heavy atom. The highest BCUT2D eigenvalue weighted by molar-refractivity contribution is 5.98. The number of nitrogens with zero attached hydrogens (tertiary/aromatic N) is 1. The van der Waals surface area contributed by atoms with E-state index >= 15 is 0 Å². The summed E-state index contributed by atoms with van der Waals surface area (Å²) in [4.78, 5) is 14.6. The molecule has 1 aromatic carbocycles. The third-order valence-corrected chi connectivity index (χ3v) is 3.95. The van der Waals surface area contributed by atoms with Crippen LogP contribution in [0.4, 0.5) is 5.69 Å². The first-order valence-electron chi connectivity index (χ1n) is 7.21. The summed E-state index contributed by atoms with van der Waals surface area (Å²) in [5.41, 5.74) is 0.379. The number of benzene rings is 1. The summed E-state index contributed by atoms with van der Waals surface area (Å²) in [6.45, 7) is 6.95. The molecule has 1 atom stereocenters. The lowest BCUT2D eigenvalue weighted by Gasteiger charge is -2.30. The first-order chi connectivity index (χ1) is 9.41. The van der Waals surface area contributed by atoms with Gasteiger partial charge in [0.25, 0.3) is 0 Å². The Labute approximate surface area is 121 Å². The molecule has 1 heterocycles. The van der Waals surface area contributed by atoms with Crippen molar-refractivity contribution in [3.05, 3.63) is 24.3 Å². The molecule has 1 N–H and O–H groups in total. The molecule has 1 amide bonds. The Bertz CT molecular complexity index is 487. The molecule has 1 aliphatic rings. The van der Waals surface area contributed by atoms with Crippen molar-refractivity contribution < 1.29 is 9.53 Å². The number of ether oxygens (including phenoxy) is 1. The lowest BCUT2D eigenvalue weighted by Crippen LogP contribution is -2.48. The topological polar surface area (TPSA) is 41.6 Å². The summed E-state index contributed by atoms with van der Waals surface area (Å²) >= 11 is 0. The van der Waals surface area contributed by atoms with Gasteiger partial charge in [-0.15, -0.1) is 0 Å². The average Bonchev–Trinajstić information content (AvgIpc) is 2.70. The van der Waals surface area contributed by atoms with Gasteiger partial charge in [0, 0.05) is 11.8 Å². The minimum atomic E-state index is -0.408. The van der Waals surface area contributed by atoms with Crippen molar-refractivity contribution in [1.82, 2.24) is 4.90 Å². The second-order valence-corrected chi connectivity index (χ2v) is 5.95. The van der Waals surface area contributed by atoms with Gasteiger partial charge in [0.1, 0.15) is 5.75 Å². The van der Waals surface area contributed by atoms with Gasteiger partial charge in [-0.25, -0.2) is 0 Å². The summed E-state index contributed by atoms with van der Waals surface area (Å²) < 4.78 is 5.65. The normalized spacial score (nSPS) is 23.1. The first-order valence-corrected chi connectivity index (χ1v) is 7.21. The molecule has 20 heavy (non-hydrogen) atoms. The molecule has 2 rings (SSSR count). The number of rotatable bonds is 4. The number of likely N-dealkylation sites (tertiary alicyclic amines) is 1. The Hall–Kier alpha value is -1.55. The number of hydrogen-bond donors (Lipinski definition) is 1. The molecular weight excluding hydrogens is 252 g/mol. The van der Waals surface area contributed by atoms with Gasteiger partial charge in [-0.1, -0.05) is 6.07 Å². The van der Waals surface area contributed by atoms with Crippen LogP contribution in [0.1, 0.15) is 33.6 Å². The van der Waals surface area contributed by atoms with E-state index in [0.717, 1.165) is 30.8 Å². The van der Waals surface area contributed by atoms with Crippen molar-refractivity contribution in [3.63, 3.8) is 0 Å². The van der Waals surface area contributed by atoms with Crippen LogP contribution in [0.15, 0.2) is 24.3 Å². The van der Waals surface area contributed by atoms with E-state index in [1.54, 1.807) is 0 Å². The van der Waals surface area contributed by atoms with Gasteiger partial charge in [-0.3, -0.25) is 9.69 Å². The average molecular weight is 276 g/mol. The highest BCUT2D eigenvalue weighted by Crippen LogP contribution is 2.29. The summed E-state index contributed by atoms with van der Waals surface area (Å²) in [7, 11) is 2.00. The van der Waals surface area contributed by atoms with Crippen molar-refractivity contribution in [3.8, 4) is 5.75 Å². The molecule has 4 heteroatoms. The zero-order chi connectivity index (χ0) is 14.8. The van der Waals surface area contributed by atoms with E-state index in [-0.39, 0.29) is 12.0 Å². The van der Waals surface area contributed by atoms with Gasteiger partial charge >= 0.3 is 0 Å². The molecule has 0 aliphatic carbocycles. The Morgan fingerprint density at radius 3 is 2.80 bits per heavy atom. The van der Waals surface area contributed by atoms with E-state index in [2.05, 4.69) is 10.2 Å². The van der Waals surface area contributed by atoms with Crippen LogP contribution in [-0.4, -0.2) is 36.0 Å². The van der Waals surface area contributed by atoms with Crippen LogP contribution >= 0.6 is 0 Å². The van der Waals surface area contributed by atoms with Crippen molar-refractivity contribution in [2.45, 2.75) is 45.3 Å². The molecule has 1 fully saturated rings.